The average Bonchev–Trinajstić information content (AvgIpc) is 2.74. The molecule has 0 atom stereocenters. The first-order chi connectivity index (χ1) is 14.7. The Morgan fingerprint density at radius 2 is 1.77 bits per heavy atom. The third-order valence-electron chi connectivity index (χ3n) is 5.59. The second-order valence-electron chi connectivity index (χ2n) is 7.50. The zero-order chi connectivity index (χ0) is 22.8. The van der Waals surface area contributed by atoms with Gasteiger partial charge >= 0.3 is 6.18 Å². The summed E-state index contributed by atoms with van der Waals surface area (Å²) in [4.78, 5) is 25.8. The summed E-state index contributed by atoms with van der Waals surface area (Å²) in [5.41, 5.74) is -0.280. The molecule has 0 radical (unpaired) electrons. The largest absolute Gasteiger partial charge is 0.417 e. The molecule has 7 heteroatoms. The van der Waals surface area contributed by atoms with Crippen LogP contribution in [-0.4, -0.2) is 10.4 Å². The Morgan fingerprint density at radius 3 is 2.42 bits per heavy atom. The molecular weight excluding hydrogens is 427 g/mol. The number of aryl methyl sites for hydroxylation is 1. The highest BCUT2D eigenvalue weighted by Gasteiger charge is 2.33. The number of alkyl halides is 3. The van der Waals surface area contributed by atoms with Crippen LogP contribution < -0.4 is 5.56 Å². The van der Waals surface area contributed by atoms with E-state index >= 15 is 0 Å². The van der Waals surface area contributed by atoms with E-state index in [2.05, 4.69) is 0 Å². The average molecular weight is 450 g/mol. The van der Waals surface area contributed by atoms with Crippen LogP contribution in [0.15, 0.2) is 53.5 Å². The monoisotopic (exact) mass is 449 g/mol. The first-order valence-electron chi connectivity index (χ1n) is 10.2. The zero-order valence-electron chi connectivity index (χ0n) is 17.3. The highest BCUT2D eigenvalue weighted by atomic mass is 35.5. The number of nitrogens with zero attached hydrogens (tertiary/aromatic N) is 1. The van der Waals surface area contributed by atoms with Gasteiger partial charge in [-0.1, -0.05) is 43.6 Å². The first kappa shape index (κ1) is 23.1. The Bertz CT molecular complexity index is 1160. The van der Waals surface area contributed by atoms with Crippen LogP contribution in [0.1, 0.15) is 60.6 Å². The van der Waals surface area contributed by atoms with Crippen LogP contribution in [0, 0.1) is 0 Å². The van der Waals surface area contributed by atoms with Crippen molar-refractivity contribution in [1.29, 1.82) is 0 Å². The molecule has 164 valence electrons. The van der Waals surface area contributed by atoms with Crippen molar-refractivity contribution in [3.63, 3.8) is 0 Å². The van der Waals surface area contributed by atoms with Gasteiger partial charge in [0.1, 0.15) is 0 Å². The molecule has 31 heavy (non-hydrogen) atoms. The Hall–Kier alpha value is -2.60. The minimum atomic E-state index is -4.55. The van der Waals surface area contributed by atoms with Crippen molar-refractivity contribution in [2.45, 2.75) is 51.7 Å². The van der Waals surface area contributed by atoms with Crippen LogP contribution in [-0.2, 0) is 12.6 Å². The molecule has 1 heterocycles. The molecule has 0 saturated carbocycles. The quantitative estimate of drug-likeness (QED) is 0.370. The fraction of sp³-hybridized carbons (Fsp3) is 0.333. The van der Waals surface area contributed by atoms with E-state index in [4.69, 9.17) is 11.6 Å². The van der Waals surface area contributed by atoms with Gasteiger partial charge in [0.15, 0.2) is 5.78 Å². The van der Waals surface area contributed by atoms with Gasteiger partial charge in [0.2, 0.25) is 0 Å². The number of ketones is 1. The lowest BCUT2D eigenvalue weighted by Crippen LogP contribution is -2.24. The Balaban J connectivity index is 1.88. The highest BCUT2D eigenvalue weighted by molar-refractivity contribution is 6.31. The van der Waals surface area contributed by atoms with Crippen molar-refractivity contribution in [2.75, 3.05) is 0 Å². The van der Waals surface area contributed by atoms with Crippen LogP contribution in [0.4, 0.5) is 13.2 Å². The van der Waals surface area contributed by atoms with Crippen molar-refractivity contribution in [3.8, 4) is 0 Å². The van der Waals surface area contributed by atoms with Crippen LogP contribution >= 0.6 is 11.6 Å². The fourth-order valence-corrected chi connectivity index (χ4v) is 4.07. The number of benzene rings is 2. The SMILES string of the molecule is CCC(CC)n1ccc2c(C(=O)CCc3ccc(Cl)c(C(F)(F)F)c3)cccc2c1=O. The third kappa shape index (κ3) is 4.85. The van der Waals surface area contributed by atoms with Crippen LogP contribution in [0.3, 0.4) is 0 Å². The van der Waals surface area contributed by atoms with Crippen molar-refractivity contribution in [3.05, 3.63) is 80.7 Å². The minimum Gasteiger partial charge on any atom is -0.312 e. The zero-order valence-corrected chi connectivity index (χ0v) is 18.1. The van der Waals surface area contributed by atoms with E-state index in [1.807, 2.05) is 13.8 Å². The van der Waals surface area contributed by atoms with Gasteiger partial charge in [-0.25, -0.2) is 0 Å². The lowest BCUT2D eigenvalue weighted by Gasteiger charge is -2.17. The van der Waals surface area contributed by atoms with Gasteiger partial charge in [-0.3, -0.25) is 9.59 Å². The van der Waals surface area contributed by atoms with Gasteiger partial charge in [-0.05, 0) is 54.5 Å². The molecule has 3 rings (SSSR count). The second-order valence-corrected chi connectivity index (χ2v) is 7.91. The van der Waals surface area contributed by atoms with E-state index in [0.717, 1.165) is 18.9 Å². The summed E-state index contributed by atoms with van der Waals surface area (Å²) < 4.78 is 40.9. The molecule has 3 nitrogen and oxygen atoms in total. The number of hydrogen-bond acceptors (Lipinski definition) is 2. The number of Topliss-reactive ketones (excluding diaryl/α,β-unsaturated/α-hetero) is 1. The predicted octanol–water partition coefficient (Wildman–Crippen LogP) is 6.85. The van der Waals surface area contributed by atoms with E-state index in [9.17, 15) is 22.8 Å². The fourth-order valence-electron chi connectivity index (χ4n) is 3.84. The molecule has 0 bridgehead atoms. The Morgan fingerprint density at radius 1 is 1.06 bits per heavy atom. The first-order valence-corrected chi connectivity index (χ1v) is 10.6. The Kier molecular flexibility index (Phi) is 6.90. The lowest BCUT2D eigenvalue weighted by molar-refractivity contribution is -0.137. The summed E-state index contributed by atoms with van der Waals surface area (Å²) in [5.74, 6) is -0.228. The molecule has 0 unspecified atom stereocenters. The molecule has 0 amide bonds. The molecule has 2 aromatic carbocycles. The predicted molar refractivity (Wildman–Crippen MR) is 117 cm³/mol. The van der Waals surface area contributed by atoms with Gasteiger partial charge in [0, 0.05) is 29.6 Å². The number of aromatic nitrogens is 1. The third-order valence-corrected chi connectivity index (χ3v) is 5.92. The molecule has 3 aromatic rings. The maximum absolute atomic E-state index is 13.1. The molecule has 0 N–H and O–H groups in total. The topological polar surface area (TPSA) is 39.1 Å². The van der Waals surface area contributed by atoms with E-state index in [0.29, 0.717) is 21.9 Å². The second kappa shape index (κ2) is 9.27. The number of carbonyl (C=O) groups excluding carboxylic acids is 1. The molecule has 0 saturated heterocycles. The number of pyridine rings is 1. The molecule has 0 fully saturated rings. The van der Waals surface area contributed by atoms with E-state index in [-0.39, 0.29) is 35.2 Å². The minimum absolute atomic E-state index is 0.0215. The molecule has 0 spiro atoms. The van der Waals surface area contributed by atoms with Gasteiger partial charge in [0.05, 0.1) is 10.6 Å². The summed E-state index contributed by atoms with van der Waals surface area (Å²) in [6, 6.07) is 10.5. The molecular formula is C24H23ClF3NO2. The number of rotatable bonds is 7. The summed E-state index contributed by atoms with van der Waals surface area (Å²) in [6.45, 7) is 4.04. The molecule has 0 aliphatic rings. The van der Waals surface area contributed by atoms with Gasteiger partial charge < -0.3 is 4.57 Å². The van der Waals surface area contributed by atoms with Crippen molar-refractivity contribution >= 4 is 28.2 Å². The van der Waals surface area contributed by atoms with Crippen molar-refractivity contribution in [2.24, 2.45) is 0 Å². The van der Waals surface area contributed by atoms with E-state index < -0.39 is 11.7 Å². The normalized spacial score (nSPS) is 12.0. The smallest absolute Gasteiger partial charge is 0.312 e. The summed E-state index contributed by atoms with van der Waals surface area (Å²) in [5, 5.41) is 0.656. The van der Waals surface area contributed by atoms with Crippen molar-refractivity contribution in [1.82, 2.24) is 4.57 Å². The van der Waals surface area contributed by atoms with Crippen LogP contribution in [0.5, 0.6) is 0 Å². The van der Waals surface area contributed by atoms with E-state index in [1.54, 1.807) is 35.0 Å². The highest BCUT2D eigenvalue weighted by Crippen LogP contribution is 2.35. The standard InChI is InChI=1S/C24H23ClF3NO2/c1-3-16(4-2)29-13-12-17-18(6-5-7-19(17)23(29)31)22(30)11-9-15-8-10-21(25)20(14-15)24(26,27)28/h5-8,10,12-14,16H,3-4,9,11H2,1-2H3. The Labute approximate surface area is 183 Å². The lowest BCUT2D eigenvalue weighted by atomic mass is 9.97. The number of halogens is 4. The van der Waals surface area contributed by atoms with Gasteiger partial charge in [0.25, 0.3) is 5.56 Å². The van der Waals surface area contributed by atoms with Crippen LogP contribution in [0.2, 0.25) is 5.02 Å². The van der Waals surface area contributed by atoms with Gasteiger partial charge in [-0.2, -0.15) is 13.2 Å². The summed E-state index contributed by atoms with van der Waals surface area (Å²) in [6.07, 6.45) is -1.04. The van der Waals surface area contributed by atoms with Gasteiger partial charge in [-0.15, -0.1) is 0 Å². The number of fused-ring (bicyclic) bond motifs is 1. The van der Waals surface area contributed by atoms with E-state index in [1.165, 1.54) is 12.1 Å². The summed E-state index contributed by atoms with van der Waals surface area (Å²) >= 11 is 5.66. The van der Waals surface area contributed by atoms with Crippen LogP contribution in [0.25, 0.3) is 10.8 Å². The van der Waals surface area contributed by atoms with Crippen molar-refractivity contribution < 1.29 is 18.0 Å². The molecule has 1 aromatic heterocycles. The number of carbonyl (C=O) groups is 1. The summed E-state index contributed by atoms with van der Waals surface area (Å²) in [7, 11) is 0. The maximum Gasteiger partial charge on any atom is 0.417 e. The maximum atomic E-state index is 13.1. The number of hydrogen-bond donors (Lipinski definition) is 0. The molecule has 0 aliphatic carbocycles. The molecule has 0 aliphatic heterocycles.